The van der Waals surface area contributed by atoms with Crippen LogP contribution in [0.2, 0.25) is 0 Å². The molecule has 4 nitrogen and oxygen atoms in total. The van der Waals surface area contributed by atoms with Gasteiger partial charge in [0.05, 0.1) is 11.0 Å². The molecule has 1 unspecified atom stereocenters. The summed E-state index contributed by atoms with van der Waals surface area (Å²) in [7, 11) is 0. The smallest absolute Gasteiger partial charge is 0.205 e. The Labute approximate surface area is 130 Å². The number of aromatic nitrogens is 2. The predicted molar refractivity (Wildman–Crippen MR) is 90.7 cm³/mol. The molecule has 4 heteroatoms. The van der Waals surface area contributed by atoms with Crippen molar-refractivity contribution in [2.45, 2.75) is 18.8 Å². The van der Waals surface area contributed by atoms with Crippen LogP contribution < -0.4 is 10.6 Å². The molecule has 4 rings (SSSR count). The maximum Gasteiger partial charge on any atom is 0.205 e. The van der Waals surface area contributed by atoms with Gasteiger partial charge < -0.3 is 15.6 Å². The van der Waals surface area contributed by atoms with Gasteiger partial charge in [0.1, 0.15) is 0 Å². The first-order valence-electron chi connectivity index (χ1n) is 7.91. The van der Waals surface area contributed by atoms with E-state index in [1.54, 1.807) is 0 Å². The lowest BCUT2D eigenvalue weighted by Gasteiger charge is -2.23. The number of hydrogen-bond donors (Lipinski definition) is 3. The van der Waals surface area contributed by atoms with Crippen molar-refractivity contribution in [1.82, 2.24) is 15.3 Å². The van der Waals surface area contributed by atoms with Gasteiger partial charge in [-0.3, -0.25) is 0 Å². The van der Waals surface area contributed by atoms with E-state index in [1.807, 2.05) is 24.3 Å². The monoisotopic (exact) mass is 292 g/mol. The summed E-state index contributed by atoms with van der Waals surface area (Å²) in [4.78, 5) is 7.83. The van der Waals surface area contributed by atoms with Crippen LogP contribution in [-0.2, 0) is 0 Å². The normalized spacial score (nSPS) is 18.5. The number of anilines is 2. The molecule has 0 amide bonds. The van der Waals surface area contributed by atoms with Crippen molar-refractivity contribution in [3.8, 4) is 0 Å². The molecular weight excluding hydrogens is 272 g/mol. The second kappa shape index (κ2) is 5.81. The lowest BCUT2D eigenvalue weighted by molar-refractivity contribution is 0.461. The van der Waals surface area contributed by atoms with E-state index in [1.165, 1.54) is 18.4 Å². The standard InChI is InChI=1S/C18H20N4/c1-2-6-17-16(5-1)21-18(22-17)20-15-9-7-13(8-10-15)14-4-3-11-19-12-14/h1-2,5-10,14,19H,3-4,11-12H2,(H2,20,21,22). The Hall–Kier alpha value is -2.33. The van der Waals surface area contributed by atoms with Gasteiger partial charge in [0, 0.05) is 12.2 Å². The van der Waals surface area contributed by atoms with Gasteiger partial charge in [-0.05, 0) is 55.1 Å². The average Bonchev–Trinajstić information content (AvgIpc) is 2.98. The van der Waals surface area contributed by atoms with Crippen LogP contribution in [0.5, 0.6) is 0 Å². The van der Waals surface area contributed by atoms with E-state index in [4.69, 9.17) is 0 Å². The summed E-state index contributed by atoms with van der Waals surface area (Å²) in [6.07, 6.45) is 2.55. The number of imidazole rings is 1. The number of nitrogens with one attached hydrogen (secondary N) is 3. The molecule has 0 radical (unpaired) electrons. The van der Waals surface area contributed by atoms with Crippen molar-refractivity contribution in [1.29, 1.82) is 0 Å². The molecule has 22 heavy (non-hydrogen) atoms. The second-order valence-corrected chi connectivity index (χ2v) is 5.89. The highest BCUT2D eigenvalue weighted by atomic mass is 15.1. The van der Waals surface area contributed by atoms with Gasteiger partial charge in [0.15, 0.2) is 0 Å². The third kappa shape index (κ3) is 2.70. The quantitative estimate of drug-likeness (QED) is 0.688. The molecule has 3 aromatic rings. The Balaban J connectivity index is 1.50. The van der Waals surface area contributed by atoms with E-state index in [2.05, 4.69) is 44.9 Å². The average molecular weight is 292 g/mol. The van der Waals surface area contributed by atoms with Gasteiger partial charge in [-0.2, -0.15) is 0 Å². The zero-order valence-electron chi connectivity index (χ0n) is 12.5. The molecule has 0 bridgehead atoms. The van der Waals surface area contributed by atoms with E-state index >= 15 is 0 Å². The molecule has 1 aliphatic heterocycles. The SMILES string of the molecule is c1ccc2[nH]c(Nc3ccc(C4CCCNC4)cc3)nc2c1. The second-order valence-electron chi connectivity index (χ2n) is 5.89. The number of rotatable bonds is 3. The summed E-state index contributed by atoms with van der Waals surface area (Å²) in [5, 5.41) is 6.81. The first kappa shape index (κ1) is 13.3. The van der Waals surface area contributed by atoms with E-state index in [0.717, 1.165) is 35.8 Å². The number of hydrogen-bond acceptors (Lipinski definition) is 3. The van der Waals surface area contributed by atoms with E-state index in [9.17, 15) is 0 Å². The van der Waals surface area contributed by atoms with Crippen LogP contribution in [0.15, 0.2) is 48.5 Å². The van der Waals surface area contributed by atoms with Crippen LogP contribution in [0.3, 0.4) is 0 Å². The molecule has 2 heterocycles. The molecule has 1 aliphatic rings. The maximum absolute atomic E-state index is 4.54. The van der Waals surface area contributed by atoms with Crippen LogP contribution in [-0.4, -0.2) is 23.1 Å². The fourth-order valence-corrected chi connectivity index (χ4v) is 3.12. The number of aromatic amines is 1. The number of benzene rings is 2. The molecule has 1 aromatic heterocycles. The minimum Gasteiger partial charge on any atom is -0.326 e. The van der Waals surface area contributed by atoms with Crippen LogP contribution in [0, 0.1) is 0 Å². The van der Waals surface area contributed by atoms with E-state index < -0.39 is 0 Å². The molecule has 112 valence electrons. The molecular formula is C18H20N4. The lowest BCUT2D eigenvalue weighted by atomic mass is 9.92. The van der Waals surface area contributed by atoms with Crippen molar-refractivity contribution in [2.75, 3.05) is 18.4 Å². The maximum atomic E-state index is 4.54. The fraction of sp³-hybridized carbons (Fsp3) is 0.278. The Morgan fingerprint density at radius 1 is 1.05 bits per heavy atom. The minimum absolute atomic E-state index is 0.647. The van der Waals surface area contributed by atoms with Crippen molar-refractivity contribution >= 4 is 22.7 Å². The molecule has 1 saturated heterocycles. The third-order valence-electron chi connectivity index (χ3n) is 4.33. The van der Waals surface area contributed by atoms with Gasteiger partial charge in [-0.25, -0.2) is 4.98 Å². The fourth-order valence-electron chi connectivity index (χ4n) is 3.12. The van der Waals surface area contributed by atoms with Crippen LogP contribution in [0.25, 0.3) is 11.0 Å². The van der Waals surface area contributed by atoms with Gasteiger partial charge in [-0.15, -0.1) is 0 Å². The number of para-hydroxylation sites is 2. The molecule has 0 spiro atoms. The summed E-state index contributed by atoms with van der Waals surface area (Å²) in [5.74, 6) is 1.43. The first-order valence-corrected chi connectivity index (χ1v) is 7.91. The van der Waals surface area contributed by atoms with E-state index in [0.29, 0.717) is 5.92 Å². The van der Waals surface area contributed by atoms with Crippen LogP contribution in [0.1, 0.15) is 24.3 Å². The van der Waals surface area contributed by atoms with Gasteiger partial charge in [0.25, 0.3) is 0 Å². The lowest BCUT2D eigenvalue weighted by Crippen LogP contribution is -2.28. The zero-order chi connectivity index (χ0) is 14.8. The zero-order valence-corrected chi connectivity index (χ0v) is 12.5. The topological polar surface area (TPSA) is 52.7 Å². The largest absolute Gasteiger partial charge is 0.326 e. The summed E-state index contributed by atoms with van der Waals surface area (Å²) in [5.41, 5.74) is 4.51. The summed E-state index contributed by atoms with van der Waals surface area (Å²) in [6.45, 7) is 2.25. The third-order valence-corrected chi connectivity index (χ3v) is 4.33. The molecule has 0 saturated carbocycles. The van der Waals surface area contributed by atoms with Gasteiger partial charge >= 0.3 is 0 Å². The van der Waals surface area contributed by atoms with Gasteiger partial charge in [-0.1, -0.05) is 24.3 Å². The number of H-pyrrole nitrogens is 1. The highest BCUT2D eigenvalue weighted by molar-refractivity contribution is 5.78. The molecule has 3 N–H and O–H groups in total. The van der Waals surface area contributed by atoms with Crippen LogP contribution >= 0.6 is 0 Å². The highest BCUT2D eigenvalue weighted by Crippen LogP contribution is 2.25. The Morgan fingerprint density at radius 2 is 1.91 bits per heavy atom. The molecule has 1 fully saturated rings. The van der Waals surface area contributed by atoms with Crippen LogP contribution in [0.4, 0.5) is 11.6 Å². The predicted octanol–water partition coefficient (Wildman–Crippen LogP) is 3.77. The summed E-state index contributed by atoms with van der Waals surface area (Å²) in [6, 6.07) is 16.8. The number of piperidine rings is 1. The number of fused-ring (bicyclic) bond motifs is 1. The summed E-state index contributed by atoms with van der Waals surface area (Å²) >= 11 is 0. The Bertz CT molecular complexity index is 721. The van der Waals surface area contributed by atoms with Crippen molar-refractivity contribution < 1.29 is 0 Å². The van der Waals surface area contributed by atoms with Crippen molar-refractivity contribution in [3.63, 3.8) is 0 Å². The highest BCUT2D eigenvalue weighted by Gasteiger charge is 2.14. The molecule has 2 aromatic carbocycles. The van der Waals surface area contributed by atoms with Crippen molar-refractivity contribution in [2.24, 2.45) is 0 Å². The summed E-state index contributed by atoms with van der Waals surface area (Å²) < 4.78 is 0. The Kier molecular flexibility index (Phi) is 3.52. The minimum atomic E-state index is 0.647. The van der Waals surface area contributed by atoms with Gasteiger partial charge in [0.2, 0.25) is 5.95 Å². The first-order chi connectivity index (χ1) is 10.9. The molecule has 1 atom stereocenters. The van der Waals surface area contributed by atoms with Crippen molar-refractivity contribution in [3.05, 3.63) is 54.1 Å². The number of nitrogens with zero attached hydrogens (tertiary/aromatic N) is 1. The molecule has 0 aliphatic carbocycles. The Morgan fingerprint density at radius 3 is 2.68 bits per heavy atom. The van der Waals surface area contributed by atoms with E-state index in [-0.39, 0.29) is 0 Å².